The lowest BCUT2D eigenvalue weighted by molar-refractivity contribution is -0.253. The summed E-state index contributed by atoms with van der Waals surface area (Å²) >= 11 is 0. The van der Waals surface area contributed by atoms with Gasteiger partial charge in [-0.15, -0.1) is 0 Å². The third-order valence-corrected chi connectivity index (χ3v) is 3.04. The number of carbonyl (C=O) groups is 2. The minimum absolute atomic E-state index is 0.0925. The molecule has 16 heteroatoms. The van der Waals surface area contributed by atoms with Crippen LogP contribution in [0.4, 0.5) is 35.1 Å². The van der Waals surface area contributed by atoms with E-state index in [4.69, 9.17) is 4.55 Å². The van der Waals surface area contributed by atoms with E-state index in [0.29, 0.717) is 0 Å². The molecule has 0 spiro atoms. The lowest BCUT2D eigenvalue weighted by Crippen LogP contribution is -2.50. The summed E-state index contributed by atoms with van der Waals surface area (Å²) in [7, 11) is -6.44. The summed E-state index contributed by atoms with van der Waals surface area (Å²) in [5.74, 6) is -21.2. The van der Waals surface area contributed by atoms with E-state index in [2.05, 4.69) is 9.47 Å². The molecule has 0 saturated heterocycles. The normalized spacial score (nSPS) is 14.2. The number of hydrogen-bond acceptors (Lipinski definition) is 6. The van der Waals surface area contributed by atoms with Gasteiger partial charge >= 0.3 is 45.1 Å². The van der Waals surface area contributed by atoms with Crippen molar-refractivity contribution >= 4 is 22.1 Å². The summed E-state index contributed by atoms with van der Waals surface area (Å²) in [5, 5.41) is -5.73. The molecular weight excluding hydrogens is 404 g/mol. The van der Waals surface area contributed by atoms with Crippen molar-refractivity contribution in [2.45, 2.75) is 29.9 Å². The van der Waals surface area contributed by atoms with Crippen molar-refractivity contribution < 1.29 is 67.2 Å². The van der Waals surface area contributed by atoms with Crippen molar-refractivity contribution in [3.8, 4) is 0 Å². The van der Waals surface area contributed by atoms with Crippen molar-refractivity contribution in [2.75, 3.05) is 13.2 Å². The quantitative estimate of drug-likeness (QED) is 0.366. The molecule has 0 aliphatic heterocycles. The molecule has 0 saturated carbocycles. The molecule has 7 nitrogen and oxygen atoms in total. The van der Waals surface area contributed by atoms with Crippen LogP contribution in [0.15, 0.2) is 0 Å². The summed E-state index contributed by atoms with van der Waals surface area (Å²) < 4.78 is 137. The first-order valence-corrected chi connectivity index (χ1v) is 7.02. The maximum atomic E-state index is 13.1. The number of alkyl halides is 8. The first-order chi connectivity index (χ1) is 10.8. The zero-order valence-corrected chi connectivity index (χ0v) is 12.6. The van der Waals surface area contributed by atoms with Crippen LogP contribution in [-0.2, 0) is 29.2 Å². The summed E-state index contributed by atoms with van der Waals surface area (Å²) in [6.45, 7) is -5.57. The lowest BCUT2D eigenvalue weighted by Gasteiger charge is -2.26. The second-order valence-corrected chi connectivity index (χ2v) is 5.90. The number of esters is 2. The van der Waals surface area contributed by atoms with Crippen LogP contribution < -0.4 is 0 Å². The topological polar surface area (TPSA) is 107 Å². The van der Waals surface area contributed by atoms with Gasteiger partial charge in [-0.1, -0.05) is 0 Å². The van der Waals surface area contributed by atoms with Gasteiger partial charge in [0.2, 0.25) is 0 Å². The third kappa shape index (κ3) is 5.65. The predicted molar refractivity (Wildman–Crippen MR) is 58.9 cm³/mol. The number of hydrogen-bond donors (Lipinski definition) is 1. The van der Waals surface area contributed by atoms with Gasteiger partial charge in [0.05, 0.1) is 0 Å². The fourth-order valence-electron chi connectivity index (χ4n) is 0.840. The second-order valence-electron chi connectivity index (χ2n) is 4.44. The Kier molecular flexibility index (Phi) is 6.42. The van der Waals surface area contributed by atoms with Crippen molar-refractivity contribution in [1.82, 2.24) is 0 Å². The Morgan fingerprint density at radius 3 is 1.44 bits per heavy atom. The Hall–Kier alpha value is -1.71. The molecule has 0 atom stereocenters. The second kappa shape index (κ2) is 6.89. The van der Waals surface area contributed by atoms with Crippen LogP contribution in [0.1, 0.15) is 6.92 Å². The van der Waals surface area contributed by atoms with Crippen molar-refractivity contribution in [3.63, 3.8) is 0 Å². The van der Waals surface area contributed by atoms with Gasteiger partial charge in [-0.05, 0) is 0 Å². The van der Waals surface area contributed by atoms with E-state index < -0.39 is 58.3 Å². The summed E-state index contributed by atoms with van der Waals surface area (Å²) in [5.41, 5.74) is 0. The zero-order chi connectivity index (χ0) is 20.5. The number of halogens is 8. The van der Waals surface area contributed by atoms with Gasteiger partial charge in [-0.3, -0.25) is 4.55 Å². The Labute approximate surface area is 133 Å². The van der Waals surface area contributed by atoms with Gasteiger partial charge in [0.15, 0.2) is 13.2 Å². The molecule has 0 heterocycles. The molecule has 0 aliphatic carbocycles. The average molecular weight is 412 g/mol. The van der Waals surface area contributed by atoms with Crippen LogP contribution in [0.3, 0.4) is 0 Å². The Morgan fingerprint density at radius 1 is 0.840 bits per heavy atom. The van der Waals surface area contributed by atoms with Crippen LogP contribution in [0.5, 0.6) is 0 Å². The van der Waals surface area contributed by atoms with Crippen LogP contribution in [0, 0.1) is 0 Å². The Bertz CT molecular complexity index is 624. The predicted octanol–water partition coefficient (Wildman–Crippen LogP) is 1.48. The highest BCUT2D eigenvalue weighted by Crippen LogP contribution is 2.36. The molecule has 0 aromatic heterocycles. The molecule has 0 unspecified atom stereocenters. The molecule has 0 bridgehead atoms. The van der Waals surface area contributed by atoms with Gasteiger partial charge in [0.1, 0.15) is 0 Å². The maximum Gasteiger partial charge on any atom is 0.465 e. The molecule has 0 fully saturated rings. The van der Waals surface area contributed by atoms with Gasteiger partial charge < -0.3 is 9.47 Å². The molecule has 0 radical (unpaired) electrons. The Balaban J connectivity index is 5.01. The monoisotopic (exact) mass is 412 g/mol. The average Bonchev–Trinajstić information content (AvgIpc) is 2.39. The minimum atomic E-state index is -6.44. The fraction of sp³-hybridized carbons (Fsp3) is 0.778. The van der Waals surface area contributed by atoms with E-state index in [-0.39, 0.29) is 6.92 Å². The molecule has 1 N–H and O–H groups in total. The Morgan fingerprint density at radius 2 is 1.16 bits per heavy atom. The third-order valence-electron chi connectivity index (χ3n) is 2.22. The standard InChI is InChI=1S/C9H8F8O7S/c1-6(10,11)4(18)23-2-7(12,13)8(14,15)3-24-5(19)9(16,17)25(20,21)22/h2-3H2,1H3,(H,20,21,22). The highest BCUT2D eigenvalue weighted by molar-refractivity contribution is 7.87. The van der Waals surface area contributed by atoms with Gasteiger partial charge in [-0.2, -0.15) is 43.5 Å². The summed E-state index contributed by atoms with van der Waals surface area (Å²) in [4.78, 5) is 21.1. The molecule has 0 aliphatic rings. The van der Waals surface area contributed by atoms with E-state index in [1.807, 2.05) is 0 Å². The summed E-state index contributed by atoms with van der Waals surface area (Å²) in [6.07, 6.45) is 0. The molecule has 25 heavy (non-hydrogen) atoms. The van der Waals surface area contributed by atoms with Crippen LogP contribution in [0.25, 0.3) is 0 Å². The smallest absolute Gasteiger partial charge is 0.455 e. The first-order valence-electron chi connectivity index (χ1n) is 5.58. The minimum Gasteiger partial charge on any atom is -0.455 e. The largest absolute Gasteiger partial charge is 0.465 e. The molecule has 0 aromatic carbocycles. The SMILES string of the molecule is CC(F)(F)C(=O)OCC(F)(F)C(F)(F)COC(=O)C(F)(F)S(=O)(=O)O. The summed E-state index contributed by atoms with van der Waals surface area (Å²) in [6, 6.07) is 0. The van der Waals surface area contributed by atoms with Crippen LogP contribution in [-0.4, -0.2) is 61.1 Å². The van der Waals surface area contributed by atoms with Crippen LogP contribution in [0.2, 0.25) is 0 Å². The highest BCUT2D eigenvalue weighted by atomic mass is 32.2. The van der Waals surface area contributed by atoms with E-state index in [9.17, 15) is 53.1 Å². The van der Waals surface area contributed by atoms with Crippen molar-refractivity contribution in [1.29, 1.82) is 0 Å². The highest BCUT2D eigenvalue weighted by Gasteiger charge is 2.61. The van der Waals surface area contributed by atoms with Crippen LogP contribution >= 0.6 is 0 Å². The number of carbonyl (C=O) groups excluding carboxylic acids is 2. The maximum absolute atomic E-state index is 13.1. The van der Waals surface area contributed by atoms with E-state index in [1.165, 1.54) is 0 Å². The number of ether oxygens (including phenoxy) is 2. The van der Waals surface area contributed by atoms with Gasteiger partial charge in [-0.25, -0.2) is 9.59 Å². The van der Waals surface area contributed by atoms with Crippen molar-refractivity contribution in [3.05, 3.63) is 0 Å². The molecule has 148 valence electrons. The molecule has 0 rings (SSSR count). The fourth-order valence-corrected chi connectivity index (χ4v) is 1.11. The lowest BCUT2D eigenvalue weighted by atomic mass is 10.2. The zero-order valence-electron chi connectivity index (χ0n) is 11.7. The number of rotatable bonds is 8. The molecular formula is C9H8F8O7S. The first kappa shape index (κ1) is 23.3. The van der Waals surface area contributed by atoms with E-state index in [1.54, 1.807) is 0 Å². The van der Waals surface area contributed by atoms with E-state index in [0.717, 1.165) is 0 Å². The van der Waals surface area contributed by atoms with Gasteiger partial charge in [0.25, 0.3) is 0 Å². The van der Waals surface area contributed by atoms with Gasteiger partial charge in [0, 0.05) is 6.92 Å². The molecule has 0 amide bonds. The van der Waals surface area contributed by atoms with E-state index >= 15 is 0 Å². The molecule has 0 aromatic rings. The van der Waals surface area contributed by atoms with Crippen molar-refractivity contribution in [2.24, 2.45) is 0 Å².